The van der Waals surface area contributed by atoms with E-state index in [-0.39, 0.29) is 10.9 Å². The Labute approximate surface area is 203 Å². The number of pyridine rings is 1. The maximum atomic E-state index is 12.5. The first kappa shape index (κ1) is 22.6. The molecule has 0 bridgehead atoms. The Bertz CT molecular complexity index is 1410. The van der Waals surface area contributed by atoms with Crippen molar-refractivity contribution in [3.8, 4) is 11.1 Å². The number of anilines is 1. The molecule has 2 aliphatic heterocycles. The van der Waals surface area contributed by atoms with Crippen molar-refractivity contribution in [1.82, 2.24) is 9.88 Å². The van der Waals surface area contributed by atoms with Crippen molar-refractivity contribution in [1.29, 1.82) is 0 Å². The van der Waals surface area contributed by atoms with Crippen LogP contribution in [-0.2, 0) is 16.3 Å². The summed E-state index contributed by atoms with van der Waals surface area (Å²) in [7, 11) is -3.24. The average Bonchev–Trinajstić information content (AvgIpc) is 3.49. The van der Waals surface area contributed by atoms with Gasteiger partial charge in [-0.2, -0.15) is 0 Å². The summed E-state index contributed by atoms with van der Waals surface area (Å²) in [6, 6.07) is 14.1. The number of rotatable bonds is 4. The lowest BCUT2D eigenvalue weighted by Gasteiger charge is -2.17. The van der Waals surface area contributed by atoms with Crippen LogP contribution in [0.3, 0.4) is 0 Å². The molecule has 0 saturated carbocycles. The number of likely N-dealkylation sites (tertiary alicyclic amines) is 1. The fraction of sp³-hybridized carbons (Fsp3) is 0.240. The van der Waals surface area contributed by atoms with Crippen LogP contribution in [0, 0.1) is 0 Å². The standard InChI is InChI=1S/C25H23ClN4O3S/c1-34(32,33)20-7-4-16(5-8-20)18-12-17-13-23(29-24(17)27-15-18)21-14-19(6-9-22(21)26)28-25(31)30-10-2-3-11-30/h4-9,12,14-15H,2-3,10-11,13H2,1H3,(H,28,31). The van der Waals surface area contributed by atoms with Crippen LogP contribution in [0.2, 0.25) is 5.02 Å². The first-order chi connectivity index (χ1) is 16.3. The van der Waals surface area contributed by atoms with E-state index in [4.69, 9.17) is 11.6 Å². The number of amides is 2. The summed E-state index contributed by atoms with van der Waals surface area (Å²) in [6.07, 6.45) is 5.54. The third-order valence-corrected chi connectivity index (χ3v) is 7.54. The Morgan fingerprint density at radius 3 is 2.47 bits per heavy atom. The number of carbonyl (C=O) groups excluding carboxylic acids is 1. The second-order valence-electron chi connectivity index (χ2n) is 8.56. The van der Waals surface area contributed by atoms with Crippen LogP contribution in [-0.4, -0.2) is 49.4 Å². The van der Waals surface area contributed by atoms with E-state index < -0.39 is 9.84 Å². The maximum absolute atomic E-state index is 12.5. The number of aliphatic imine (C=N–C) groups is 1. The molecule has 34 heavy (non-hydrogen) atoms. The van der Waals surface area contributed by atoms with Crippen molar-refractivity contribution in [2.45, 2.75) is 24.2 Å². The van der Waals surface area contributed by atoms with E-state index in [0.717, 1.165) is 53.9 Å². The highest BCUT2D eigenvalue weighted by atomic mass is 35.5. The molecule has 0 unspecified atom stereocenters. The van der Waals surface area contributed by atoms with Gasteiger partial charge in [-0.15, -0.1) is 0 Å². The smallest absolute Gasteiger partial charge is 0.321 e. The normalized spacial score (nSPS) is 15.2. The molecule has 174 valence electrons. The third kappa shape index (κ3) is 4.56. The molecule has 2 aliphatic rings. The van der Waals surface area contributed by atoms with Gasteiger partial charge >= 0.3 is 6.03 Å². The third-order valence-electron chi connectivity index (χ3n) is 6.08. The van der Waals surface area contributed by atoms with Gasteiger partial charge in [-0.1, -0.05) is 23.7 Å². The Morgan fingerprint density at radius 2 is 1.76 bits per heavy atom. The highest BCUT2D eigenvalue weighted by Gasteiger charge is 2.22. The van der Waals surface area contributed by atoms with Crippen LogP contribution in [0.4, 0.5) is 16.3 Å². The van der Waals surface area contributed by atoms with Crippen LogP contribution in [0.25, 0.3) is 11.1 Å². The van der Waals surface area contributed by atoms with Gasteiger partial charge in [0.1, 0.15) is 0 Å². The minimum atomic E-state index is -3.24. The topological polar surface area (TPSA) is 91.7 Å². The van der Waals surface area contributed by atoms with Gasteiger partial charge < -0.3 is 10.2 Å². The maximum Gasteiger partial charge on any atom is 0.321 e. The van der Waals surface area contributed by atoms with Crippen LogP contribution >= 0.6 is 11.6 Å². The van der Waals surface area contributed by atoms with Crippen LogP contribution in [0.15, 0.2) is 64.6 Å². The van der Waals surface area contributed by atoms with Crippen LogP contribution < -0.4 is 5.32 Å². The largest absolute Gasteiger partial charge is 0.325 e. The zero-order chi connectivity index (χ0) is 23.9. The molecule has 5 rings (SSSR count). The van der Waals surface area contributed by atoms with Gasteiger partial charge in [0.05, 0.1) is 10.6 Å². The number of benzene rings is 2. The molecule has 1 N–H and O–H groups in total. The molecular weight excluding hydrogens is 472 g/mol. The Balaban J connectivity index is 1.36. The van der Waals surface area contributed by atoms with E-state index in [1.807, 2.05) is 17.0 Å². The zero-order valence-corrected chi connectivity index (χ0v) is 20.2. The minimum Gasteiger partial charge on any atom is -0.325 e. The Morgan fingerprint density at radius 1 is 1.03 bits per heavy atom. The molecule has 3 heterocycles. The van der Waals surface area contributed by atoms with Gasteiger partial charge in [0.2, 0.25) is 0 Å². The molecule has 1 aromatic heterocycles. The molecular formula is C25H23ClN4O3S. The Kier molecular flexibility index (Phi) is 5.87. The summed E-state index contributed by atoms with van der Waals surface area (Å²) in [5.41, 5.74) is 4.94. The molecule has 2 amide bonds. The molecule has 1 saturated heterocycles. The zero-order valence-electron chi connectivity index (χ0n) is 18.6. The number of halogens is 1. The number of nitrogens with zero attached hydrogens (tertiary/aromatic N) is 3. The first-order valence-corrected chi connectivity index (χ1v) is 13.3. The minimum absolute atomic E-state index is 0.101. The molecule has 0 atom stereocenters. The summed E-state index contributed by atoms with van der Waals surface area (Å²) in [4.78, 5) is 23.7. The van der Waals surface area contributed by atoms with Gasteiger partial charge in [-0.05, 0) is 54.8 Å². The number of hydrogen-bond acceptors (Lipinski definition) is 5. The monoisotopic (exact) mass is 494 g/mol. The first-order valence-electron chi connectivity index (χ1n) is 11.0. The fourth-order valence-corrected chi connectivity index (χ4v) is 5.09. The van der Waals surface area contributed by atoms with Crippen LogP contribution in [0.1, 0.15) is 24.0 Å². The molecule has 1 fully saturated rings. The second-order valence-corrected chi connectivity index (χ2v) is 11.0. The summed E-state index contributed by atoms with van der Waals surface area (Å²) in [5.74, 6) is 0.633. The summed E-state index contributed by atoms with van der Waals surface area (Å²) in [6.45, 7) is 1.55. The van der Waals surface area contributed by atoms with Crippen molar-refractivity contribution in [3.63, 3.8) is 0 Å². The van der Waals surface area contributed by atoms with E-state index in [2.05, 4.69) is 15.3 Å². The summed E-state index contributed by atoms with van der Waals surface area (Å²) >= 11 is 6.49. The molecule has 9 heteroatoms. The molecule has 3 aromatic rings. The number of hydrogen-bond donors (Lipinski definition) is 1. The number of fused-ring (bicyclic) bond motifs is 1. The molecule has 2 aromatic carbocycles. The predicted molar refractivity (Wildman–Crippen MR) is 134 cm³/mol. The van der Waals surface area contributed by atoms with E-state index in [9.17, 15) is 13.2 Å². The van der Waals surface area contributed by atoms with Gasteiger partial charge in [0.15, 0.2) is 15.7 Å². The van der Waals surface area contributed by atoms with Crippen molar-refractivity contribution in [2.75, 3.05) is 24.7 Å². The van der Waals surface area contributed by atoms with E-state index in [0.29, 0.717) is 22.9 Å². The highest BCUT2D eigenvalue weighted by Crippen LogP contribution is 2.33. The van der Waals surface area contributed by atoms with E-state index in [1.54, 1.807) is 42.6 Å². The SMILES string of the molecule is CS(=O)(=O)c1ccc(-c2cnc3c(c2)CC(c2cc(NC(=O)N4CCCC4)ccc2Cl)=N3)cc1. The lowest BCUT2D eigenvalue weighted by molar-refractivity contribution is 0.222. The van der Waals surface area contributed by atoms with Gasteiger partial charge in [0.25, 0.3) is 0 Å². The van der Waals surface area contributed by atoms with Crippen molar-refractivity contribution >= 4 is 44.7 Å². The second kappa shape index (κ2) is 8.85. The molecule has 0 radical (unpaired) electrons. The van der Waals surface area contributed by atoms with Crippen LogP contribution in [0.5, 0.6) is 0 Å². The summed E-state index contributed by atoms with van der Waals surface area (Å²) < 4.78 is 23.4. The van der Waals surface area contributed by atoms with Crippen molar-refractivity contribution in [3.05, 3.63) is 70.9 Å². The molecule has 0 spiro atoms. The van der Waals surface area contributed by atoms with Crippen molar-refractivity contribution < 1.29 is 13.2 Å². The number of urea groups is 1. The lowest BCUT2D eigenvalue weighted by Crippen LogP contribution is -2.32. The number of aromatic nitrogens is 1. The predicted octanol–water partition coefficient (Wildman–Crippen LogP) is 5.11. The van der Waals surface area contributed by atoms with E-state index in [1.165, 1.54) is 6.26 Å². The van der Waals surface area contributed by atoms with Gasteiger partial charge in [-0.3, -0.25) is 0 Å². The van der Waals surface area contributed by atoms with Gasteiger partial charge in [-0.25, -0.2) is 23.2 Å². The van der Waals surface area contributed by atoms with Crippen molar-refractivity contribution in [2.24, 2.45) is 4.99 Å². The fourth-order valence-electron chi connectivity index (χ4n) is 4.24. The Hall–Kier alpha value is -3.23. The average molecular weight is 495 g/mol. The van der Waals surface area contributed by atoms with Gasteiger partial charge in [0, 0.05) is 59.4 Å². The molecule has 0 aliphatic carbocycles. The highest BCUT2D eigenvalue weighted by molar-refractivity contribution is 7.90. The van der Waals surface area contributed by atoms with E-state index >= 15 is 0 Å². The number of nitrogens with one attached hydrogen (secondary N) is 1. The summed E-state index contributed by atoms with van der Waals surface area (Å²) in [5, 5.41) is 3.51. The molecule has 7 nitrogen and oxygen atoms in total. The quantitative estimate of drug-likeness (QED) is 0.545. The lowest BCUT2D eigenvalue weighted by atomic mass is 10.0. The number of carbonyl (C=O) groups is 1. The number of sulfone groups is 1.